The van der Waals surface area contributed by atoms with Gasteiger partial charge in [0.1, 0.15) is 25.0 Å². The number of nitrogens with one attached hydrogen (secondary N) is 2. The summed E-state index contributed by atoms with van der Waals surface area (Å²) < 4.78 is 7.47. The maximum absolute atomic E-state index is 12.7. The standard InChI is InChI=1S/C23H22N6O2/c30-23(28-22(14-29-17-24-16-26-29)18-7-2-1-3-8-18)27-19-10-6-11-21(13-19)31-15-20-9-4-5-12-25-20/h1-13,16-17,22H,14-15H2,(H2,27,28,30). The van der Waals surface area contributed by atoms with Gasteiger partial charge in [0.05, 0.1) is 18.3 Å². The van der Waals surface area contributed by atoms with Crippen LogP contribution in [0.25, 0.3) is 0 Å². The smallest absolute Gasteiger partial charge is 0.319 e. The molecule has 2 aromatic carbocycles. The molecule has 0 aliphatic rings. The van der Waals surface area contributed by atoms with Crippen LogP contribution in [0.15, 0.2) is 91.6 Å². The lowest BCUT2D eigenvalue weighted by Crippen LogP contribution is -2.35. The first-order valence-electron chi connectivity index (χ1n) is 9.84. The summed E-state index contributed by atoms with van der Waals surface area (Å²) in [5, 5.41) is 10.0. The van der Waals surface area contributed by atoms with Gasteiger partial charge in [-0.3, -0.25) is 9.67 Å². The number of ether oxygens (including phenoxy) is 1. The lowest BCUT2D eigenvalue weighted by atomic mass is 10.1. The number of rotatable bonds is 8. The number of aromatic nitrogens is 4. The summed E-state index contributed by atoms with van der Waals surface area (Å²) in [7, 11) is 0. The summed E-state index contributed by atoms with van der Waals surface area (Å²) in [5.74, 6) is 0.644. The highest BCUT2D eigenvalue weighted by Gasteiger charge is 2.16. The van der Waals surface area contributed by atoms with Crippen LogP contribution >= 0.6 is 0 Å². The van der Waals surface area contributed by atoms with Crippen LogP contribution in [0.3, 0.4) is 0 Å². The fourth-order valence-corrected chi connectivity index (χ4v) is 3.06. The Morgan fingerprint density at radius 3 is 2.68 bits per heavy atom. The number of carbonyl (C=O) groups excluding carboxylic acids is 1. The van der Waals surface area contributed by atoms with E-state index in [0.717, 1.165) is 11.3 Å². The molecule has 0 saturated carbocycles. The second-order valence-electron chi connectivity index (χ2n) is 6.82. The molecule has 8 nitrogen and oxygen atoms in total. The average molecular weight is 414 g/mol. The third-order valence-electron chi connectivity index (χ3n) is 4.55. The molecule has 2 amide bonds. The van der Waals surface area contributed by atoms with Crippen LogP contribution < -0.4 is 15.4 Å². The van der Waals surface area contributed by atoms with Crippen molar-refractivity contribution in [2.45, 2.75) is 19.2 Å². The molecule has 156 valence electrons. The van der Waals surface area contributed by atoms with Crippen LogP contribution in [0.1, 0.15) is 17.3 Å². The minimum Gasteiger partial charge on any atom is -0.487 e. The van der Waals surface area contributed by atoms with Crippen molar-refractivity contribution in [2.75, 3.05) is 5.32 Å². The zero-order valence-electron chi connectivity index (χ0n) is 16.8. The molecule has 0 spiro atoms. The van der Waals surface area contributed by atoms with E-state index in [2.05, 4.69) is 25.7 Å². The molecule has 1 unspecified atom stereocenters. The Bertz CT molecular complexity index is 1090. The van der Waals surface area contributed by atoms with Crippen molar-refractivity contribution in [3.8, 4) is 5.75 Å². The van der Waals surface area contributed by atoms with Crippen molar-refractivity contribution in [1.29, 1.82) is 0 Å². The number of anilines is 1. The predicted octanol–water partition coefficient (Wildman–Crippen LogP) is 3.82. The number of nitrogens with zero attached hydrogens (tertiary/aromatic N) is 4. The van der Waals surface area contributed by atoms with Gasteiger partial charge in [0.15, 0.2) is 0 Å². The first-order valence-corrected chi connectivity index (χ1v) is 9.84. The molecule has 4 aromatic rings. The molecule has 31 heavy (non-hydrogen) atoms. The maximum atomic E-state index is 12.7. The van der Waals surface area contributed by atoms with Crippen molar-refractivity contribution < 1.29 is 9.53 Å². The summed E-state index contributed by atoms with van der Waals surface area (Å²) in [4.78, 5) is 20.9. The largest absolute Gasteiger partial charge is 0.487 e. The molecule has 0 fully saturated rings. The molecule has 0 radical (unpaired) electrons. The highest BCUT2D eigenvalue weighted by Crippen LogP contribution is 2.19. The quantitative estimate of drug-likeness (QED) is 0.457. The normalized spacial score (nSPS) is 11.5. The summed E-state index contributed by atoms with van der Waals surface area (Å²) in [6, 6.07) is 22.1. The van der Waals surface area contributed by atoms with E-state index < -0.39 is 0 Å². The number of carbonyl (C=O) groups is 1. The number of benzene rings is 2. The van der Waals surface area contributed by atoms with Gasteiger partial charge in [-0.05, 0) is 29.8 Å². The Hall–Kier alpha value is -4.20. The van der Waals surface area contributed by atoms with E-state index >= 15 is 0 Å². The second kappa shape index (κ2) is 10.0. The van der Waals surface area contributed by atoms with Crippen LogP contribution in [0, 0.1) is 0 Å². The summed E-state index contributed by atoms with van der Waals surface area (Å²) in [6.45, 7) is 0.815. The Morgan fingerprint density at radius 2 is 1.90 bits per heavy atom. The Balaban J connectivity index is 1.39. The predicted molar refractivity (Wildman–Crippen MR) is 116 cm³/mol. The van der Waals surface area contributed by atoms with Crippen molar-refractivity contribution in [2.24, 2.45) is 0 Å². The lowest BCUT2D eigenvalue weighted by molar-refractivity contribution is 0.246. The van der Waals surface area contributed by atoms with Crippen molar-refractivity contribution in [3.05, 3.63) is 103 Å². The van der Waals surface area contributed by atoms with Gasteiger partial charge in [-0.2, -0.15) is 5.10 Å². The molecule has 0 bridgehead atoms. The molecule has 0 aliphatic carbocycles. The lowest BCUT2D eigenvalue weighted by Gasteiger charge is -2.19. The Morgan fingerprint density at radius 1 is 1.03 bits per heavy atom. The number of urea groups is 1. The SMILES string of the molecule is O=C(Nc1cccc(OCc2ccccn2)c1)NC(Cn1cncn1)c1ccccc1. The summed E-state index contributed by atoms with van der Waals surface area (Å²) >= 11 is 0. The van der Waals surface area contributed by atoms with E-state index in [0.29, 0.717) is 24.6 Å². The number of hydrogen-bond acceptors (Lipinski definition) is 5. The second-order valence-corrected chi connectivity index (χ2v) is 6.82. The fourth-order valence-electron chi connectivity index (χ4n) is 3.06. The van der Waals surface area contributed by atoms with Crippen molar-refractivity contribution >= 4 is 11.7 Å². The fraction of sp³-hybridized carbons (Fsp3) is 0.130. The molecule has 1 atom stereocenters. The van der Waals surface area contributed by atoms with Crippen LogP contribution in [0.2, 0.25) is 0 Å². The first-order chi connectivity index (χ1) is 15.3. The van der Waals surface area contributed by atoms with E-state index in [1.165, 1.54) is 6.33 Å². The van der Waals surface area contributed by atoms with Crippen LogP contribution in [0.4, 0.5) is 10.5 Å². The summed E-state index contributed by atoms with van der Waals surface area (Å²) in [5.41, 5.74) is 2.43. The monoisotopic (exact) mass is 414 g/mol. The minimum absolute atomic E-state index is 0.272. The van der Waals surface area contributed by atoms with Gasteiger partial charge in [-0.1, -0.05) is 42.5 Å². The zero-order chi connectivity index (χ0) is 21.3. The van der Waals surface area contributed by atoms with E-state index in [1.54, 1.807) is 23.3 Å². The van der Waals surface area contributed by atoms with Crippen LogP contribution in [0.5, 0.6) is 5.75 Å². The highest BCUT2D eigenvalue weighted by molar-refractivity contribution is 5.89. The maximum Gasteiger partial charge on any atom is 0.319 e. The molecule has 2 aromatic heterocycles. The zero-order valence-corrected chi connectivity index (χ0v) is 16.8. The molecule has 4 rings (SSSR count). The molecular formula is C23H22N6O2. The van der Waals surface area contributed by atoms with Gasteiger partial charge in [-0.15, -0.1) is 0 Å². The average Bonchev–Trinajstić information content (AvgIpc) is 3.32. The van der Waals surface area contributed by atoms with Gasteiger partial charge < -0.3 is 15.4 Å². The third kappa shape index (κ3) is 5.89. The van der Waals surface area contributed by atoms with Gasteiger partial charge in [0, 0.05) is 18.0 Å². The number of pyridine rings is 1. The van der Waals surface area contributed by atoms with E-state index in [1.807, 2.05) is 66.7 Å². The Labute approximate surface area is 179 Å². The summed E-state index contributed by atoms with van der Waals surface area (Å²) in [6.07, 6.45) is 4.82. The van der Waals surface area contributed by atoms with Crippen molar-refractivity contribution in [3.63, 3.8) is 0 Å². The van der Waals surface area contributed by atoms with Gasteiger partial charge in [0.2, 0.25) is 0 Å². The van der Waals surface area contributed by atoms with E-state index in [-0.39, 0.29) is 12.1 Å². The molecular weight excluding hydrogens is 392 g/mol. The van der Waals surface area contributed by atoms with Crippen LogP contribution in [-0.4, -0.2) is 25.8 Å². The highest BCUT2D eigenvalue weighted by atomic mass is 16.5. The third-order valence-corrected chi connectivity index (χ3v) is 4.55. The van der Waals surface area contributed by atoms with Gasteiger partial charge >= 0.3 is 6.03 Å². The molecule has 8 heteroatoms. The van der Waals surface area contributed by atoms with E-state index in [4.69, 9.17) is 4.74 Å². The van der Waals surface area contributed by atoms with Gasteiger partial charge in [-0.25, -0.2) is 9.78 Å². The number of amides is 2. The van der Waals surface area contributed by atoms with Gasteiger partial charge in [0.25, 0.3) is 0 Å². The van der Waals surface area contributed by atoms with Crippen molar-refractivity contribution in [1.82, 2.24) is 25.1 Å². The first kappa shape index (κ1) is 20.1. The van der Waals surface area contributed by atoms with Crippen LogP contribution in [-0.2, 0) is 13.2 Å². The molecule has 2 heterocycles. The molecule has 0 aliphatic heterocycles. The van der Waals surface area contributed by atoms with E-state index in [9.17, 15) is 4.79 Å². The molecule has 0 saturated heterocycles. The molecule has 2 N–H and O–H groups in total. The topological polar surface area (TPSA) is 94.0 Å². The minimum atomic E-state index is -0.323. The number of hydrogen-bond donors (Lipinski definition) is 2. The Kier molecular flexibility index (Phi) is 6.49.